The highest BCUT2D eigenvalue weighted by molar-refractivity contribution is 6.14. The molecule has 26 heavy (non-hydrogen) atoms. The van der Waals surface area contributed by atoms with Gasteiger partial charge in [0.2, 0.25) is 5.91 Å². The van der Waals surface area contributed by atoms with Gasteiger partial charge in [-0.25, -0.2) is 5.48 Å². The van der Waals surface area contributed by atoms with Crippen LogP contribution in [0.5, 0.6) is 0 Å². The van der Waals surface area contributed by atoms with Crippen LogP contribution in [0.15, 0.2) is 53.7 Å². The van der Waals surface area contributed by atoms with Gasteiger partial charge in [0.25, 0.3) is 0 Å². The van der Waals surface area contributed by atoms with Gasteiger partial charge in [0.15, 0.2) is 0 Å². The monoisotopic (exact) mass is 352 g/mol. The van der Waals surface area contributed by atoms with Gasteiger partial charge >= 0.3 is 0 Å². The summed E-state index contributed by atoms with van der Waals surface area (Å²) in [5, 5.41) is 12.9. The van der Waals surface area contributed by atoms with Gasteiger partial charge in [-0.2, -0.15) is 0 Å². The van der Waals surface area contributed by atoms with Crippen LogP contribution in [-0.2, 0) is 22.5 Å². The molecule has 0 aliphatic heterocycles. The van der Waals surface area contributed by atoms with Crippen LogP contribution in [0, 0.1) is 0 Å². The third-order valence-corrected chi connectivity index (χ3v) is 4.63. The molecule has 0 aromatic heterocycles. The van der Waals surface area contributed by atoms with Crippen LogP contribution < -0.4 is 5.48 Å². The second-order valence-electron chi connectivity index (χ2n) is 6.43. The second-order valence-corrected chi connectivity index (χ2v) is 6.43. The van der Waals surface area contributed by atoms with E-state index >= 15 is 0 Å². The molecule has 136 valence electrons. The molecule has 0 spiro atoms. The molecule has 0 saturated carbocycles. The molecule has 5 nitrogen and oxygen atoms in total. The van der Waals surface area contributed by atoms with Gasteiger partial charge in [0.1, 0.15) is 12.3 Å². The second kappa shape index (κ2) is 9.15. The predicted molar refractivity (Wildman–Crippen MR) is 100 cm³/mol. The van der Waals surface area contributed by atoms with Crippen molar-refractivity contribution in [2.75, 3.05) is 6.61 Å². The SMILES string of the molecule is O=C(CCCCCON=C1c2ccccc2CCc2ccccc21)NO. The summed E-state index contributed by atoms with van der Waals surface area (Å²) in [4.78, 5) is 16.6. The molecular formula is C21H24N2O3. The summed E-state index contributed by atoms with van der Waals surface area (Å²) in [6.45, 7) is 0.509. The lowest BCUT2D eigenvalue weighted by Gasteiger charge is -2.10. The zero-order valence-electron chi connectivity index (χ0n) is 14.8. The molecule has 2 aromatic carbocycles. The molecule has 0 unspecified atom stereocenters. The van der Waals surface area contributed by atoms with Crippen molar-refractivity contribution < 1.29 is 14.8 Å². The number of hydroxylamine groups is 1. The molecule has 0 saturated heterocycles. The van der Waals surface area contributed by atoms with E-state index in [-0.39, 0.29) is 5.91 Å². The first kappa shape index (κ1) is 18.1. The molecule has 2 N–H and O–H groups in total. The quantitative estimate of drug-likeness (QED) is 0.454. The highest BCUT2D eigenvalue weighted by atomic mass is 16.6. The fourth-order valence-corrected chi connectivity index (χ4v) is 3.25. The average molecular weight is 352 g/mol. The topological polar surface area (TPSA) is 70.9 Å². The number of oxime groups is 1. The summed E-state index contributed by atoms with van der Waals surface area (Å²) in [5.74, 6) is -0.349. The maximum atomic E-state index is 11.0. The minimum Gasteiger partial charge on any atom is -0.395 e. The van der Waals surface area contributed by atoms with Crippen LogP contribution in [0.4, 0.5) is 0 Å². The zero-order valence-corrected chi connectivity index (χ0v) is 14.8. The van der Waals surface area contributed by atoms with Gasteiger partial charge in [0.05, 0.1) is 0 Å². The van der Waals surface area contributed by atoms with Gasteiger partial charge in [-0.3, -0.25) is 10.0 Å². The van der Waals surface area contributed by atoms with E-state index in [4.69, 9.17) is 10.0 Å². The van der Waals surface area contributed by atoms with Gasteiger partial charge in [-0.15, -0.1) is 0 Å². The summed E-state index contributed by atoms with van der Waals surface area (Å²) in [7, 11) is 0. The number of unbranched alkanes of at least 4 members (excludes halogenated alkanes) is 2. The molecule has 0 bridgehead atoms. The molecule has 0 fully saturated rings. The Morgan fingerprint density at radius 2 is 1.58 bits per heavy atom. The number of rotatable bonds is 7. The first-order valence-electron chi connectivity index (χ1n) is 9.09. The fourth-order valence-electron chi connectivity index (χ4n) is 3.25. The van der Waals surface area contributed by atoms with E-state index in [0.717, 1.165) is 48.9 Å². The van der Waals surface area contributed by atoms with E-state index in [1.807, 2.05) is 12.1 Å². The van der Waals surface area contributed by atoms with Crippen LogP contribution in [0.1, 0.15) is 47.9 Å². The maximum absolute atomic E-state index is 11.0. The smallest absolute Gasteiger partial charge is 0.243 e. The van der Waals surface area contributed by atoms with Gasteiger partial charge in [0, 0.05) is 17.5 Å². The van der Waals surface area contributed by atoms with E-state index in [2.05, 4.69) is 41.6 Å². The molecule has 1 amide bonds. The van der Waals surface area contributed by atoms with Crippen molar-refractivity contribution in [3.63, 3.8) is 0 Å². The Bertz CT molecular complexity index is 737. The van der Waals surface area contributed by atoms with Crippen molar-refractivity contribution >= 4 is 11.6 Å². The van der Waals surface area contributed by atoms with Crippen molar-refractivity contribution in [3.05, 3.63) is 70.8 Å². The molecule has 3 rings (SSSR count). The third kappa shape index (κ3) is 4.49. The predicted octanol–water partition coefficient (Wildman–Crippen LogP) is 3.62. The zero-order chi connectivity index (χ0) is 18.2. The first-order valence-corrected chi connectivity index (χ1v) is 9.09. The van der Waals surface area contributed by atoms with Crippen LogP contribution in [0.2, 0.25) is 0 Å². The summed E-state index contributed by atoms with van der Waals surface area (Å²) in [5.41, 5.74) is 7.40. The average Bonchev–Trinajstić information content (AvgIpc) is 2.84. The molecule has 5 heteroatoms. The van der Waals surface area contributed by atoms with E-state index in [1.54, 1.807) is 5.48 Å². The lowest BCUT2D eigenvalue weighted by Crippen LogP contribution is -2.17. The Hall–Kier alpha value is -2.66. The summed E-state index contributed by atoms with van der Waals surface area (Å²) >= 11 is 0. The van der Waals surface area contributed by atoms with E-state index < -0.39 is 0 Å². The largest absolute Gasteiger partial charge is 0.395 e. The van der Waals surface area contributed by atoms with Gasteiger partial charge < -0.3 is 4.84 Å². The molecule has 2 aromatic rings. The fraction of sp³-hybridized carbons (Fsp3) is 0.333. The van der Waals surface area contributed by atoms with Crippen molar-refractivity contribution in [1.82, 2.24) is 5.48 Å². The first-order chi connectivity index (χ1) is 12.8. The standard InChI is InChI=1S/C21H24N2O3/c24-20(22-25)12-2-1-7-15-26-23-21-18-10-5-3-8-16(18)13-14-17-9-4-6-11-19(17)21/h3-6,8-11,25H,1-2,7,12-15H2,(H,22,24). The number of fused-ring (bicyclic) bond motifs is 2. The number of hydrogen-bond acceptors (Lipinski definition) is 4. The lowest BCUT2D eigenvalue weighted by atomic mass is 9.98. The van der Waals surface area contributed by atoms with Crippen molar-refractivity contribution in [2.24, 2.45) is 5.16 Å². The van der Waals surface area contributed by atoms with Crippen LogP contribution in [0.25, 0.3) is 0 Å². The number of hydrogen-bond donors (Lipinski definition) is 2. The Labute approximate surface area is 153 Å². The summed E-state index contributed by atoms with van der Waals surface area (Å²) < 4.78 is 0. The highest BCUT2D eigenvalue weighted by Gasteiger charge is 2.19. The Balaban J connectivity index is 1.66. The lowest BCUT2D eigenvalue weighted by molar-refractivity contribution is -0.129. The number of nitrogens with zero attached hydrogens (tertiary/aromatic N) is 1. The van der Waals surface area contributed by atoms with Crippen molar-refractivity contribution in [3.8, 4) is 0 Å². The molecule has 0 heterocycles. The number of amides is 1. The number of carbonyl (C=O) groups is 1. The number of aryl methyl sites for hydroxylation is 2. The van der Waals surface area contributed by atoms with Crippen molar-refractivity contribution in [2.45, 2.75) is 38.5 Å². The Morgan fingerprint density at radius 1 is 0.962 bits per heavy atom. The minimum absolute atomic E-state index is 0.325. The normalized spacial score (nSPS) is 12.6. The highest BCUT2D eigenvalue weighted by Crippen LogP contribution is 2.25. The number of benzene rings is 2. The number of carbonyl (C=O) groups excluding carboxylic acids is 1. The van der Waals surface area contributed by atoms with E-state index in [1.165, 1.54) is 11.1 Å². The molecular weight excluding hydrogens is 328 g/mol. The third-order valence-electron chi connectivity index (χ3n) is 4.63. The Kier molecular flexibility index (Phi) is 6.39. The molecule has 0 radical (unpaired) electrons. The summed E-state index contributed by atoms with van der Waals surface area (Å²) in [6, 6.07) is 16.7. The summed E-state index contributed by atoms with van der Waals surface area (Å²) in [6.07, 6.45) is 4.71. The molecule has 1 aliphatic rings. The number of nitrogens with one attached hydrogen (secondary N) is 1. The van der Waals surface area contributed by atoms with Crippen LogP contribution in [-0.4, -0.2) is 23.4 Å². The maximum Gasteiger partial charge on any atom is 0.243 e. The molecule has 1 aliphatic carbocycles. The van der Waals surface area contributed by atoms with Crippen LogP contribution in [0.3, 0.4) is 0 Å². The molecule has 0 atom stereocenters. The van der Waals surface area contributed by atoms with Crippen molar-refractivity contribution in [1.29, 1.82) is 0 Å². The van der Waals surface area contributed by atoms with E-state index in [9.17, 15) is 4.79 Å². The van der Waals surface area contributed by atoms with E-state index in [0.29, 0.717) is 13.0 Å². The van der Waals surface area contributed by atoms with Gasteiger partial charge in [-0.05, 0) is 43.2 Å². The minimum atomic E-state index is -0.349. The van der Waals surface area contributed by atoms with Crippen LogP contribution >= 0.6 is 0 Å². The Morgan fingerprint density at radius 3 is 2.19 bits per heavy atom. The van der Waals surface area contributed by atoms with Gasteiger partial charge in [-0.1, -0.05) is 53.7 Å².